The van der Waals surface area contributed by atoms with E-state index in [9.17, 15) is 9.59 Å². The van der Waals surface area contributed by atoms with E-state index in [0.717, 1.165) is 32.8 Å². The number of rotatable bonds is 8. The van der Waals surface area contributed by atoms with Gasteiger partial charge < -0.3 is 15.0 Å². The number of hydrogen-bond donors (Lipinski definition) is 2. The molecule has 1 heterocycles. The normalized spacial score (nSPS) is 11.9. The van der Waals surface area contributed by atoms with Crippen LogP contribution in [0.15, 0.2) is 60.8 Å². The van der Waals surface area contributed by atoms with E-state index in [1.165, 1.54) is 10.8 Å². The molecule has 1 amide bonds. The van der Waals surface area contributed by atoms with Gasteiger partial charge in [0.15, 0.2) is 0 Å². The highest BCUT2D eigenvalue weighted by Gasteiger charge is 2.24. The summed E-state index contributed by atoms with van der Waals surface area (Å²) in [5.41, 5.74) is 3.11. The summed E-state index contributed by atoms with van der Waals surface area (Å²) in [4.78, 5) is 27.9. The van der Waals surface area contributed by atoms with Crippen LogP contribution < -0.4 is 5.32 Å². The Morgan fingerprint density at radius 3 is 2.64 bits per heavy atom. The van der Waals surface area contributed by atoms with Gasteiger partial charge in [0.2, 0.25) is 0 Å². The quantitative estimate of drug-likeness (QED) is 0.404. The van der Waals surface area contributed by atoms with Crippen molar-refractivity contribution in [2.75, 3.05) is 6.61 Å². The average molecular weight is 415 g/mol. The van der Waals surface area contributed by atoms with Crippen molar-refractivity contribution in [1.82, 2.24) is 10.3 Å². The third kappa shape index (κ3) is 5.56. The van der Waals surface area contributed by atoms with Crippen LogP contribution in [0.2, 0.25) is 0 Å². The molecule has 0 bridgehead atoms. The van der Waals surface area contributed by atoms with E-state index >= 15 is 0 Å². The third-order valence-electron chi connectivity index (χ3n) is 4.17. The molecular formula is C21H22N2O3S2. The largest absolute Gasteiger partial charge is 0.464 e. The number of fused-ring (bicyclic) bond motifs is 1. The Hall–Kier alpha value is -2.38. The van der Waals surface area contributed by atoms with E-state index in [2.05, 4.69) is 10.3 Å². The number of H-pyrrole nitrogens is 1. The number of benzene rings is 2. The number of aromatic amines is 1. The highest BCUT2D eigenvalue weighted by Crippen LogP contribution is 2.27. The summed E-state index contributed by atoms with van der Waals surface area (Å²) in [6.45, 7) is 2.03. The first-order chi connectivity index (χ1) is 13.7. The minimum atomic E-state index is -0.725. The van der Waals surface area contributed by atoms with E-state index in [4.69, 9.17) is 4.74 Å². The zero-order valence-corrected chi connectivity index (χ0v) is 17.1. The lowest BCUT2D eigenvalue weighted by molar-refractivity contribution is -0.145. The second-order valence-electron chi connectivity index (χ2n) is 6.13. The zero-order chi connectivity index (χ0) is 19.8. The summed E-state index contributed by atoms with van der Waals surface area (Å²) in [5, 5.41) is 3.59. The molecule has 28 heavy (non-hydrogen) atoms. The average Bonchev–Trinajstić information content (AvgIpc) is 3.11. The maximum Gasteiger partial charge on any atom is 0.328 e. The number of carbonyl (C=O) groups excluding carboxylic acids is 2. The molecule has 1 unspecified atom stereocenters. The molecule has 0 fully saturated rings. The summed E-state index contributed by atoms with van der Waals surface area (Å²) >= 11 is 0. The second-order valence-corrected chi connectivity index (χ2v) is 8.40. The van der Waals surface area contributed by atoms with E-state index in [-0.39, 0.29) is 11.8 Å². The van der Waals surface area contributed by atoms with Crippen molar-refractivity contribution in [3.05, 3.63) is 71.9 Å². The van der Waals surface area contributed by atoms with Crippen molar-refractivity contribution in [3.8, 4) is 0 Å². The number of ether oxygens (including phenoxy) is 1. The van der Waals surface area contributed by atoms with Crippen molar-refractivity contribution < 1.29 is 14.3 Å². The number of aromatic nitrogens is 1. The molecule has 0 aliphatic heterocycles. The van der Waals surface area contributed by atoms with Gasteiger partial charge in [-0.3, -0.25) is 4.79 Å². The Kier molecular flexibility index (Phi) is 7.45. The fourth-order valence-corrected chi connectivity index (χ4v) is 4.58. The molecule has 0 aliphatic carbocycles. The Balaban J connectivity index is 1.61. The smallest absolute Gasteiger partial charge is 0.328 e. The lowest BCUT2D eigenvalue weighted by Gasteiger charge is -2.16. The Labute approximate surface area is 172 Å². The second kappa shape index (κ2) is 10.2. The molecule has 1 atom stereocenters. The van der Waals surface area contributed by atoms with E-state index in [1.807, 2.05) is 60.8 Å². The molecule has 1 aromatic heterocycles. The Morgan fingerprint density at radius 2 is 1.86 bits per heavy atom. The number of esters is 1. The van der Waals surface area contributed by atoms with E-state index in [1.54, 1.807) is 6.92 Å². The van der Waals surface area contributed by atoms with Gasteiger partial charge in [-0.05, 0) is 24.1 Å². The van der Waals surface area contributed by atoms with E-state index < -0.39 is 12.0 Å². The molecule has 146 valence electrons. The summed E-state index contributed by atoms with van der Waals surface area (Å²) in [6.07, 6.45) is 2.25. The van der Waals surface area contributed by atoms with Gasteiger partial charge in [0.25, 0.3) is 5.24 Å². The van der Waals surface area contributed by atoms with Gasteiger partial charge in [0.1, 0.15) is 6.04 Å². The van der Waals surface area contributed by atoms with Gasteiger partial charge in [-0.25, -0.2) is 4.79 Å². The number of para-hydroxylation sites is 1. The Morgan fingerprint density at radius 1 is 1.11 bits per heavy atom. The number of hydrogen-bond acceptors (Lipinski definition) is 5. The molecule has 0 saturated carbocycles. The van der Waals surface area contributed by atoms with Crippen LogP contribution in [0, 0.1) is 0 Å². The van der Waals surface area contributed by atoms with Crippen LogP contribution in [0.25, 0.3) is 10.9 Å². The van der Waals surface area contributed by atoms with Gasteiger partial charge in [0.05, 0.1) is 6.61 Å². The molecule has 0 spiro atoms. The van der Waals surface area contributed by atoms with Gasteiger partial charge in [-0.1, -0.05) is 59.3 Å². The monoisotopic (exact) mass is 414 g/mol. The van der Waals surface area contributed by atoms with Crippen LogP contribution in [0.3, 0.4) is 0 Å². The topological polar surface area (TPSA) is 71.2 Å². The highest BCUT2D eigenvalue weighted by molar-refractivity contribution is 8.81. The van der Waals surface area contributed by atoms with Crippen molar-refractivity contribution >= 4 is 43.7 Å². The van der Waals surface area contributed by atoms with Crippen LogP contribution >= 0.6 is 21.6 Å². The molecule has 0 radical (unpaired) electrons. The van der Waals surface area contributed by atoms with Crippen LogP contribution in [0.4, 0.5) is 4.79 Å². The Bertz CT molecular complexity index is 928. The molecule has 5 nitrogen and oxygen atoms in total. The maximum absolute atomic E-state index is 12.4. The predicted molar refractivity (Wildman–Crippen MR) is 116 cm³/mol. The summed E-state index contributed by atoms with van der Waals surface area (Å²) < 4.78 is 5.16. The van der Waals surface area contributed by atoms with Crippen LogP contribution in [0.1, 0.15) is 18.1 Å². The first-order valence-corrected chi connectivity index (χ1v) is 11.3. The lowest BCUT2D eigenvalue weighted by Crippen LogP contribution is -2.41. The summed E-state index contributed by atoms with van der Waals surface area (Å²) in [6, 6.07) is 17.1. The maximum atomic E-state index is 12.4. The molecule has 2 aromatic carbocycles. The van der Waals surface area contributed by atoms with Crippen LogP contribution in [-0.4, -0.2) is 28.8 Å². The molecule has 3 aromatic rings. The van der Waals surface area contributed by atoms with Crippen molar-refractivity contribution in [1.29, 1.82) is 0 Å². The molecule has 2 N–H and O–H groups in total. The molecule has 0 aliphatic rings. The van der Waals surface area contributed by atoms with Gasteiger partial charge >= 0.3 is 5.97 Å². The summed E-state index contributed by atoms with van der Waals surface area (Å²) in [7, 11) is 2.54. The van der Waals surface area contributed by atoms with Gasteiger partial charge in [-0.2, -0.15) is 0 Å². The molecule has 7 heteroatoms. The minimum absolute atomic E-state index is 0.251. The zero-order valence-electron chi connectivity index (χ0n) is 15.5. The molecule has 0 saturated heterocycles. The third-order valence-corrected chi connectivity index (χ3v) is 6.16. The van der Waals surface area contributed by atoms with Gasteiger partial charge in [-0.15, -0.1) is 0 Å². The minimum Gasteiger partial charge on any atom is -0.464 e. The van der Waals surface area contributed by atoms with Crippen molar-refractivity contribution in [2.24, 2.45) is 0 Å². The fraction of sp³-hybridized carbons (Fsp3) is 0.238. The molecule has 3 rings (SSSR count). The standard InChI is InChI=1S/C21H22N2O3S2/c1-2-26-20(24)19(12-16-13-22-18-11-7-6-10-17(16)18)23-21(25)28-27-14-15-8-4-3-5-9-15/h3-11,13,19,22H,2,12,14H2,1H3,(H,23,25). The molecular weight excluding hydrogens is 392 g/mol. The predicted octanol–water partition coefficient (Wildman–Crippen LogP) is 4.93. The van der Waals surface area contributed by atoms with Crippen molar-refractivity contribution in [2.45, 2.75) is 25.1 Å². The fourth-order valence-electron chi connectivity index (χ4n) is 2.85. The van der Waals surface area contributed by atoms with Gasteiger partial charge in [0, 0.05) is 40.1 Å². The van der Waals surface area contributed by atoms with Crippen molar-refractivity contribution in [3.63, 3.8) is 0 Å². The number of amides is 1. The highest BCUT2D eigenvalue weighted by atomic mass is 33.1. The SMILES string of the molecule is CCOC(=O)C(Cc1c[nH]c2ccccc12)NC(=O)SSCc1ccccc1. The first-order valence-electron chi connectivity index (χ1n) is 9.03. The first kappa shape index (κ1) is 20.4. The number of nitrogens with one attached hydrogen (secondary N) is 2. The van der Waals surface area contributed by atoms with Crippen LogP contribution in [-0.2, 0) is 21.7 Å². The lowest BCUT2D eigenvalue weighted by atomic mass is 10.1. The van der Waals surface area contributed by atoms with E-state index in [0.29, 0.717) is 12.2 Å². The number of carbonyl (C=O) groups is 2. The van der Waals surface area contributed by atoms with Crippen LogP contribution in [0.5, 0.6) is 0 Å². The summed E-state index contributed by atoms with van der Waals surface area (Å²) in [5.74, 6) is 0.292.